The van der Waals surface area contributed by atoms with Gasteiger partial charge in [-0.05, 0) is 46.2 Å². The van der Waals surface area contributed by atoms with E-state index in [1.54, 1.807) is 33.0 Å². The molecule has 0 bridgehead atoms. The molecule has 13 nitrogen and oxygen atoms in total. The second-order valence-corrected chi connectivity index (χ2v) is 11.8. The average molecular weight is 605 g/mol. The number of nitrogens with zero attached hydrogens (tertiary/aromatic N) is 7. The Morgan fingerprint density at radius 1 is 1.23 bits per heavy atom. The maximum absolute atomic E-state index is 13.2. The fraction of sp³-hybridized carbons (Fsp3) is 0.419. The number of benzene rings is 1. The first-order chi connectivity index (χ1) is 20.7. The van der Waals surface area contributed by atoms with Crippen LogP contribution in [-0.2, 0) is 10.2 Å². The number of pyridine rings is 1. The summed E-state index contributed by atoms with van der Waals surface area (Å²) in [7, 11) is 7.16. The highest BCUT2D eigenvalue weighted by Gasteiger charge is 2.40. The highest BCUT2D eigenvalue weighted by Crippen LogP contribution is 2.44. The standard InChI is InChI=1S/C31H40N8O5/c1-10-20-11-12-23-27(33-20)31(4,5)18-38(23)28-21(29(40)44-19(2)3)17-32-30(35-28)34-22-15-25(39(41)42)24(16-26(22)43-9)37(8)14-13-36(6)7/h10-12,15-17,19H,1,13-14,18H2,2-9H3,(H,32,34,35). The van der Waals surface area contributed by atoms with Crippen LogP contribution in [-0.4, -0.2) is 84.7 Å². The number of nitro groups is 1. The van der Waals surface area contributed by atoms with E-state index in [0.717, 1.165) is 17.1 Å². The molecule has 1 N–H and O–H groups in total. The highest BCUT2D eigenvalue weighted by molar-refractivity contribution is 5.96. The first kappa shape index (κ1) is 32.1. The number of ether oxygens (including phenoxy) is 2. The van der Waals surface area contributed by atoms with Crippen LogP contribution < -0.4 is 19.9 Å². The summed E-state index contributed by atoms with van der Waals surface area (Å²) in [6, 6.07) is 6.80. The first-order valence-corrected chi connectivity index (χ1v) is 14.2. The van der Waals surface area contributed by atoms with Crippen molar-refractivity contribution in [2.75, 3.05) is 63.0 Å². The van der Waals surface area contributed by atoms with Crippen molar-refractivity contribution in [1.82, 2.24) is 19.9 Å². The summed E-state index contributed by atoms with van der Waals surface area (Å²) < 4.78 is 11.1. The molecule has 1 aliphatic heterocycles. The molecule has 0 saturated carbocycles. The Labute approximate surface area is 257 Å². The number of nitrogens with one attached hydrogen (secondary N) is 1. The molecule has 13 heteroatoms. The zero-order valence-corrected chi connectivity index (χ0v) is 26.5. The van der Waals surface area contributed by atoms with E-state index in [1.165, 1.54) is 19.4 Å². The molecule has 0 atom stereocenters. The summed E-state index contributed by atoms with van der Waals surface area (Å²) in [6.07, 6.45) is 2.73. The Hall–Kier alpha value is -4.78. The molecule has 0 unspecified atom stereocenters. The summed E-state index contributed by atoms with van der Waals surface area (Å²) in [5.74, 6) is 0.234. The SMILES string of the molecule is C=Cc1ccc2c(n1)C(C)(C)CN2c1nc(Nc2cc([N+](=O)[O-])c(N(C)CCN(C)C)cc2OC)ncc1C(=O)OC(C)C. The number of rotatable bonds is 12. The van der Waals surface area contributed by atoms with Gasteiger partial charge in [-0.3, -0.25) is 15.1 Å². The number of hydrogen-bond donors (Lipinski definition) is 1. The summed E-state index contributed by atoms with van der Waals surface area (Å²) in [5, 5.41) is 15.2. The lowest BCUT2D eigenvalue weighted by atomic mass is 9.91. The van der Waals surface area contributed by atoms with Gasteiger partial charge in [0.15, 0.2) is 5.82 Å². The monoisotopic (exact) mass is 604 g/mol. The molecule has 1 aromatic carbocycles. The largest absolute Gasteiger partial charge is 0.494 e. The van der Waals surface area contributed by atoms with Gasteiger partial charge in [0.1, 0.15) is 17.0 Å². The number of carbonyl (C=O) groups is 1. The Kier molecular flexibility index (Phi) is 9.38. The van der Waals surface area contributed by atoms with Crippen molar-refractivity contribution in [3.05, 3.63) is 64.1 Å². The molecular weight excluding hydrogens is 564 g/mol. The van der Waals surface area contributed by atoms with Gasteiger partial charge in [0.2, 0.25) is 5.95 Å². The predicted molar refractivity (Wildman–Crippen MR) is 172 cm³/mol. The third-order valence-corrected chi connectivity index (χ3v) is 7.21. The van der Waals surface area contributed by atoms with E-state index < -0.39 is 10.9 Å². The fourth-order valence-corrected chi connectivity index (χ4v) is 4.97. The summed E-state index contributed by atoms with van der Waals surface area (Å²) in [5.41, 5.74) is 2.79. The molecule has 0 spiro atoms. The van der Waals surface area contributed by atoms with Gasteiger partial charge in [0, 0.05) is 50.4 Å². The Morgan fingerprint density at radius 3 is 2.57 bits per heavy atom. The highest BCUT2D eigenvalue weighted by atomic mass is 16.6. The quantitative estimate of drug-likeness (QED) is 0.166. The van der Waals surface area contributed by atoms with Gasteiger partial charge < -0.3 is 29.5 Å². The molecule has 0 radical (unpaired) electrons. The van der Waals surface area contributed by atoms with Crippen LogP contribution in [0.4, 0.5) is 34.5 Å². The second kappa shape index (κ2) is 12.8. The van der Waals surface area contributed by atoms with Crippen molar-refractivity contribution >= 4 is 46.6 Å². The number of likely N-dealkylation sites (N-methyl/N-ethyl adjacent to an activating group) is 2. The molecule has 0 saturated heterocycles. The molecule has 0 amide bonds. The number of fused-ring (bicyclic) bond motifs is 1. The van der Waals surface area contributed by atoms with Crippen molar-refractivity contribution in [2.45, 2.75) is 39.2 Å². The van der Waals surface area contributed by atoms with E-state index in [2.05, 4.69) is 30.7 Å². The van der Waals surface area contributed by atoms with Gasteiger partial charge >= 0.3 is 5.97 Å². The lowest BCUT2D eigenvalue weighted by molar-refractivity contribution is -0.384. The van der Waals surface area contributed by atoms with Crippen molar-refractivity contribution in [3.8, 4) is 5.75 Å². The van der Waals surface area contributed by atoms with E-state index >= 15 is 0 Å². The summed E-state index contributed by atoms with van der Waals surface area (Å²) >= 11 is 0. The molecule has 0 aliphatic carbocycles. The van der Waals surface area contributed by atoms with Gasteiger partial charge in [-0.25, -0.2) is 9.78 Å². The zero-order valence-electron chi connectivity index (χ0n) is 26.5. The van der Waals surface area contributed by atoms with Gasteiger partial charge in [-0.2, -0.15) is 4.98 Å². The Morgan fingerprint density at radius 2 is 1.95 bits per heavy atom. The van der Waals surface area contributed by atoms with Gasteiger partial charge in [0.05, 0.1) is 40.9 Å². The molecule has 44 heavy (non-hydrogen) atoms. The Balaban J connectivity index is 1.80. The molecule has 0 fully saturated rings. The second-order valence-electron chi connectivity index (χ2n) is 11.8. The van der Waals surface area contributed by atoms with Crippen LogP contribution in [0.1, 0.15) is 49.4 Å². The zero-order chi connectivity index (χ0) is 32.3. The first-order valence-electron chi connectivity index (χ1n) is 14.2. The van der Waals surface area contributed by atoms with Crippen LogP contribution >= 0.6 is 0 Å². The van der Waals surface area contributed by atoms with Crippen molar-refractivity contribution < 1.29 is 19.2 Å². The molecule has 3 aromatic rings. The van der Waals surface area contributed by atoms with Crippen molar-refractivity contribution in [3.63, 3.8) is 0 Å². The Bertz CT molecular complexity index is 1570. The van der Waals surface area contributed by atoms with Crippen molar-refractivity contribution in [2.24, 2.45) is 0 Å². The smallest absolute Gasteiger partial charge is 0.343 e. The number of methoxy groups -OCH3 is 1. The van der Waals surface area contributed by atoms with Crippen LogP contribution in [0.3, 0.4) is 0 Å². The topological polar surface area (TPSA) is 139 Å². The van der Waals surface area contributed by atoms with Gasteiger partial charge in [-0.1, -0.05) is 20.4 Å². The molecular formula is C31H40N8O5. The number of aromatic nitrogens is 3. The van der Waals surface area contributed by atoms with E-state index in [9.17, 15) is 14.9 Å². The molecule has 3 heterocycles. The van der Waals surface area contributed by atoms with Gasteiger partial charge in [0.25, 0.3) is 5.69 Å². The van der Waals surface area contributed by atoms with Crippen LogP contribution in [0.2, 0.25) is 0 Å². The van der Waals surface area contributed by atoms with E-state index in [-0.39, 0.29) is 28.7 Å². The number of hydrogen-bond acceptors (Lipinski definition) is 12. The summed E-state index contributed by atoms with van der Waals surface area (Å²) in [6.45, 7) is 13.3. The average Bonchev–Trinajstić information content (AvgIpc) is 3.24. The fourth-order valence-electron chi connectivity index (χ4n) is 4.97. The maximum Gasteiger partial charge on any atom is 0.343 e. The van der Waals surface area contributed by atoms with E-state index in [0.29, 0.717) is 42.6 Å². The normalized spacial score (nSPS) is 13.5. The number of carbonyl (C=O) groups excluding carboxylic acids is 1. The molecule has 1 aliphatic rings. The van der Waals surface area contributed by atoms with Gasteiger partial charge in [-0.15, -0.1) is 0 Å². The minimum atomic E-state index is -0.568. The van der Waals surface area contributed by atoms with E-state index in [1.807, 2.05) is 40.9 Å². The lowest BCUT2D eigenvalue weighted by Gasteiger charge is -2.24. The van der Waals surface area contributed by atoms with Crippen LogP contribution in [0.25, 0.3) is 6.08 Å². The third kappa shape index (κ3) is 6.72. The minimum Gasteiger partial charge on any atom is -0.494 e. The lowest BCUT2D eigenvalue weighted by Crippen LogP contribution is -2.29. The molecule has 2 aromatic heterocycles. The number of esters is 1. The number of anilines is 5. The minimum absolute atomic E-state index is 0.105. The predicted octanol–water partition coefficient (Wildman–Crippen LogP) is 5.17. The summed E-state index contributed by atoms with van der Waals surface area (Å²) in [4.78, 5) is 44.6. The molecule has 4 rings (SSSR count). The van der Waals surface area contributed by atoms with Crippen molar-refractivity contribution in [1.29, 1.82) is 0 Å². The third-order valence-electron chi connectivity index (χ3n) is 7.21. The van der Waals surface area contributed by atoms with Crippen LogP contribution in [0, 0.1) is 10.1 Å². The van der Waals surface area contributed by atoms with Crippen LogP contribution in [0.15, 0.2) is 37.0 Å². The maximum atomic E-state index is 13.2. The molecule has 234 valence electrons. The number of nitro benzene ring substituents is 1. The van der Waals surface area contributed by atoms with Crippen LogP contribution in [0.5, 0.6) is 5.75 Å². The van der Waals surface area contributed by atoms with E-state index in [4.69, 9.17) is 19.4 Å².